The molecule has 0 unspecified atom stereocenters. The topological polar surface area (TPSA) is 59.1 Å². The minimum absolute atomic E-state index is 0.235. The highest BCUT2D eigenvalue weighted by Crippen LogP contribution is 2.23. The van der Waals surface area contributed by atoms with Gasteiger partial charge in [0.05, 0.1) is 0 Å². The molecule has 0 atom stereocenters. The highest BCUT2D eigenvalue weighted by Gasteiger charge is 2.08. The van der Waals surface area contributed by atoms with Crippen molar-refractivity contribution in [2.24, 2.45) is 0 Å². The van der Waals surface area contributed by atoms with Crippen LogP contribution in [0.15, 0.2) is 71.6 Å². The van der Waals surface area contributed by atoms with Gasteiger partial charge in [0, 0.05) is 11.4 Å². The lowest BCUT2D eigenvalue weighted by molar-refractivity contribution is 0.0946. The monoisotopic (exact) mass is 362 g/mol. The number of hydrogen-bond donors (Lipinski definition) is 1. The van der Waals surface area contributed by atoms with Gasteiger partial charge in [0.2, 0.25) is 0 Å². The lowest BCUT2D eigenvalue weighted by atomic mass is 10.0. The highest BCUT2D eigenvalue weighted by molar-refractivity contribution is 7.98. The molecule has 0 spiro atoms. The Balaban J connectivity index is 1.70. The van der Waals surface area contributed by atoms with E-state index in [0.717, 1.165) is 16.7 Å². The summed E-state index contributed by atoms with van der Waals surface area (Å²) in [4.78, 5) is 28.2. The Morgan fingerprint density at radius 2 is 1.81 bits per heavy atom. The summed E-state index contributed by atoms with van der Waals surface area (Å²) in [5.74, 6) is -0.302. The van der Waals surface area contributed by atoms with Crippen LogP contribution in [0, 0.1) is 0 Å². The molecule has 0 aliphatic carbocycles. The molecule has 130 valence electrons. The first-order valence-electron chi connectivity index (χ1n) is 8.13. The molecule has 0 fully saturated rings. The zero-order chi connectivity index (χ0) is 18.4. The number of nitrogens with one attached hydrogen (secondary N) is 1. The Kier molecular flexibility index (Phi) is 5.81. The lowest BCUT2D eigenvalue weighted by Gasteiger charge is -2.08. The van der Waals surface area contributed by atoms with Gasteiger partial charge in [-0.2, -0.15) is 0 Å². The number of rotatable bonds is 6. The molecule has 0 aliphatic rings. The van der Waals surface area contributed by atoms with Crippen molar-refractivity contribution in [3.05, 3.63) is 83.7 Å². The van der Waals surface area contributed by atoms with Crippen molar-refractivity contribution in [2.75, 3.05) is 6.26 Å². The van der Waals surface area contributed by atoms with Gasteiger partial charge in [0.1, 0.15) is 11.4 Å². The summed E-state index contributed by atoms with van der Waals surface area (Å²) in [7, 11) is 0. The van der Waals surface area contributed by atoms with Crippen molar-refractivity contribution < 1.29 is 9.59 Å². The first-order valence-corrected chi connectivity index (χ1v) is 9.36. The van der Waals surface area contributed by atoms with Gasteiger partial charge in [-0.3, -0.25) is 9.59 Å². The molecule has 1 aromatic heterocycles. The Bertz CT molecular complexity index is 923. The van der Waals surface area contributed by atoms with Gasteiger partial charge in [0.15, 0.2) is 6.29 Å². The first-order chi connectivity index (χ1) is 12.7. The second-order valence-electron chi connectivity index (χ2n) is 5.68. The molecule has 5 heteroatoms. The maximum absolute atomic E-state index is 12.2. The number of amides is 1. The summed E-state index contributed by atoms with van der Waals surface area (Å²) in [5.41, 5.74) is 3.71. The molecule has 0 aliphatic heterocycles. The summed E-state index contributed by atoms with van der Waals surface area (Å²) in [6, 6.07) is 21.2. The number of pyridine rings is 1. The third-order valence-electron chi connectivity index (χ3n) is 3.93. The predicted molar refractivity (Wildman–Crippen MR) is 104 cm³/mol. The molecular formula is C21H18N2O2S. The summed E-state index contributed by atoms with van der Waals surface area (Å²) in [6.07, 6.45) is 2.68. The molecule has 1 amide bonds. The SMILES string of the molecule is CSc1ccc(-c2cccc(CNC(=O)c3cccc(C=O)n3)c2)cc1. The van der Waals surface area contributed by atoms with Crippen molar-refractivity contribution >= 4 is 24.0 Å². The number of aldehydes is 1. The van der Waals surface area contributed by atoms with E-state index in [4.69, 9.17) is 0 Å². The quantitative estimate of drug-likeness (QED) is 0.527. The molecule has 1 N–H and O–H groups in total. The van der Waals surface area contributed by atoms with Gasteiger partial charge >= 0.3 is 0 Å². The average molecular weight is 362 g/mol. The van der Waals surface area contributed by atoms with Crippen LogP contribution in [0.2, 0.25) is 0 Å². The maximum atomic E-state index is 12.2. The van der Waals surface area contributed by atoms with Crippen molar-refractivity contribution in [2.45, 2.75) is 11.4 Å². The van der Waals surface area contributed by atoms with E-state index in [2.05, 4.69) is 53.0 Å². The molecule has 26 heavy (non-hydrogen) atoms. The molecule has 2 aromatic carbocycles. The van der Waals surface area contributed by atoms with Crippen LogP contribution in [0.4, 0.5) is 0 Å². The summed E-state index contributed by atoms with van der Waals surface area (Å²) in [5, 5.41) is 2.84. The normalized spacial score (nSPS) is 10.3. The third kappa shape index (κ3) is 4.37. The van der Waals surface area contributed by atoms with Crippen molar-refractivity contribution in [1.82, 2.24) is 10.3 Å². The van der Waals surface area contributed by atoms with Crippen LogP contribution in [0.5, 0.6) is 0 Å². The van der Waals surface area contributed by atoms with Gasteiger partial charge in [-0.15, -0.1) is 11.8 Å². The summed E-state index contributed by atoms with van der Waals surface area (Å²) < 4.78 is 0. The van der Waals surface area contributed by atoms with E-state index >= 15 is 0 Å². The first kappa shape index (κ1) is 17.9. The van der Waals surface area contributed by atoms with E-state index in [1.807, 2.05) is 12.1 Å². The second kappa shape index (κ2) is 8.45. The smallest absolute Gasteiger partial charge is 0.270 e. The molecule has 1 heterocycles. The Labute approximate surface area is 156 Å². The van der Waals surface area contributed by atoms with Crippen LogP contribution >= 0.6 is 11.8 Å². The standard InChI is InChI=1S/C21H18N2O2S/c1-26-19-10-8-16(9-11-19)17-5-2-4-15(12-17)13-22-21(25)20-7-3-6-18(14-24)23-20/h2-12,14H,13H2,1H3,(H,22,25). The Hall–Kier alpha value is -2.92. The van der Waals surface area contributed by atoms with Crippen molar-refractivity contribution in [1.29, 1.82) is 0 Å². The van der Waals surface area contributed by atoms with Gasteiger partial charge in [-0.1, -0.05) is 36.4 Å². The number of benzene rings is 2. The van der Waals surface area contributed by atoms with E-state index in [1.54, 1.807) is 30.0 Å². The fourth-order valence-corrected chi connectivity index (χ4v) is 2.97. The molecule has 3 aromatic rings. The van der Waals surface area contributed by atoms with Crippen molar-refractivity contribution in [3.8, 4) is 11.1 Å². The number of carbonyl (C=O) groups excluding carboxylic acids is 2. The number of aromatic nitrogens is 1. The van der Waals surface area contributed by atoms with E-state index < -0.39 is 0 Å². The number of thioether (sulfide) groups is 1. The Morgan fingerprint density at radius 3 is 2.54 bits per heavy atom. The largest absolute Gasteiger partial charge is 0.347 e. The van der Waals surface area contributed by atoms with Gasteiger partial charge < -0.3 is 5.32 Å². The van der Waals surface area contributed by atoms with Crippen LogP contribution in [0.3, 0.4) is 0 Å². The molecular weight excluding hydrogens is 344 g/mol. The lowest BCUT2D eigenvalue weighted by Crippen LogP contribution is -2.24. The minimum Gasteiger partial charge on any atom is -0.347 e. The molecule has 3 rings (SSSR count). The number of hydrogen-bond acceptors (Lipinski definition) is 4. The highest BCUT2D eigenvalue weighted by atomic mass is 32.2. The minimum atomic E-state index is -0.302. The maximum Gasteiger partial charge on any atom is 0.270 e. The van der Waals surface area contributed by atoms with Crippen molar-refractivity contribution in [3.63, 3.8) is 0 Å². The molecule has 0 saturated heterocycles. The van der Waals surface area contributed by atoms with Gasteiger partial charge in [0.25, 0.3) is 5.91 Å². The fourth-order valence-electron chi connectivity index (χ4n) is 2.56. The zero-order valence-corrected chi connectivity index (χ0v) is 15.1. The second-order valence-corrected chi connectivity index (χ2v) is 6.56. The van der Waals surface area contributed by atoms with Crippen LogP contribution in [0.1, 0.15) is 26.5 Å². The summed E-state index contributed by atoms with van der Waals surface area (Å²) in [6.45, 7) is 0.391. The fraction of sp³-hybridized carbons (Fsp3) is 0.0952. The van der Waals surface area contributed by atoms with Crippen LogP contribution < -0.4 is 5.32 Å². The number of nitrogens with zero attached hydrogens (tertiary/aromatic N) is 1. The Morgan fingerprint density at radius 1 is 1.04 bits per heavy atom. The molecule has 0 saturated carbocycles. The van der Waals surface area contributed by atoms with E-state index in [0.29, 0.717) is 12.8 Å². The van der Waals surface area contributed by atoms with Gasteiger partial charge in [-0.25, -0.2) is 4.98 Å². The van der Waals surface area contributed by atoms with Gasteiger partial charge in [-0.05, 0) is 53.3 Å². The average Bonchev–Trinajstić information content (AvgIpc) is 2.72. The number of carbonyl (C=O) groups is 2. The van der Waals surface area contributed by atoms with E-state index in [1.165, 1.54) is 4.90 Å². The van der Waals surface area contributed by atoms with Crippen LogP contribution in [-0.2, 0) is 6.54 Å². The molecule has 4 nitrogen and oxygen atoms in total. The van der Waals surface area contributed by atoms with E-state index in [9.17, 15) is 9.59 Å². The van der Waals surface area contributed by atoms with E-state index in [-0.39, 0.29) is 17.3 Å². The third-order valence-corrected chi connectivity index (χ3v) is 4.67. The van der Waals surface area contributed by atoms with Crippen LogP contribution in [0.25, 0.3) is 11.1 Å². The summed E-state index contributed by atoms with van der Waals surface area (Å²) >= 11 is 1.71. The molecule has 0 radical (unpaired) electrons. The van der Waals surface area contributed by atoms with Crippen LogP contribution in [-0.4, -0.2) is 23.4 Å². The zero-order valence-electron chi connectivity index (χ0n) is 14.3. The predicted octanol–water partition coefficient (Wildman–Crippen LogP) is 4.21. The molecule has 0 bridgehead atoms.